The van der Waals surface area contributed by atoms with Crippen LogP contribution in [0.15, 0.2) is 75.9 Å². The molecule has 34 heavy (non-hydrogen) atoms. The van der Waals surface area contributed by atoms with Crippen molar-refractivity contribution in [2.45, 2.75) is 45.7 Å². The summed E-state index contributed by atoms with van der Waals surface area (Å²) < 4.78 is 6.06. The number of nitrogens with zero attached hydrogens (tertiary/aromatic N) is 1. The van der Waals surface area contributed by atoms with Crippen molar-refractivity contribution in [1.29, 1.82) is 0 Å². The number of rotatable bonds is 3. The van der Waals surface area contributed by atoms with Crippen LogP contribution >= 0.6 is 11.6 Å². The fraction of sp³-hybridized carbons (Fsp3) is 0.241. The summed E-state index contributed by atoms with van der Waals surface area (Å²) in [4.78, 5) is 29.1. The molecule has 1 atom stereocenters. The maximum Gasteiger partial charge on any atom is 0.291 e. The van der Waals surface area contributed by atoms with Crippen LogP contribution in [0.25, 0.3) is 11.0 Å². The highest BCUT2D eigenvalue weighted by molar-refractivity contribution is 6.31. The van der Waals surface area contributed by atoms with Gasteiger partial charge in [0.15, 0.2) is 5.43 Å². The summed E-state index contributed by atoms with van der Waals surface area (Å²) in [6, 6.07) is 20.5. The lowest BCUT2D eigenvalue weighted by atomic mass is 9.86. The van der Waals surface area contributed by atoms with Crippen molar-refractivity contribution >= 4 is 28.5 Å². The van der Waals surface area contributed by atoms with Gasteiger partial charge in [0.1, 0.15) is 5.58 Å². The van der Waals surface area contributed by atoms with Crippen molar-refractivity contribution in [3.05, 3.63) is 116 Å². The quantitative estimate of drug-likeness (QED) is 0.330. The summed E-state index contributed by atoms with van der Waals surface area (Å²) in [5.41, 5.74) is 4.46. The number of carbonyl (C=O) groups excluding carboxylic acids is 1. The molecule has 0 fully saturated rings. The summed E-state index contributed by atoms with van der Waals surface area (Å²) in [5.74, 6) is -0.197. The van der Waals surface area contributed by atoms with Gasteiger partial charge in [-0.25, -0.2) is 0 Å². The third kappa shape index (κ3) is 3.72. The van der Waals surface area contributed by atoms with Gasteiger partial charge in [-0.15, -0.1) is 0 Å². The van der Waals surface area contributed by atoms with Gasteiger partial charge >= 0.3 is 0 Å². The summed E-state index contributed by atoms with van der Waals surface area (Å²) in [5, 5.41) is 1.07. The smallest absolute Gasteiger partial charge is 0.291 e. The minimum atomic E-state index is -0.561. The molecule has 0 bridgehead atoms. The van der Waals surface area contributed by atoms with Crippen molar-refractivity contribution in [3.63, 3.8) is 0 Å². The van der Waals surface area contributed by atoms with Gasteiger partial charge in [0.05, 0.1) is 17.0 Å². The predicted octanol–water partition coefficient (Wildman–Crippen LogP) is 6.80. The summed E-state index contributed by atoms with van der Waals surface area (Å²) >= 11 is 6.44. The zero-order valence-electron chi connectivity index (χ0n) is 19.7. The Hall–Kier alpha value is -3.37. The van der Waals surface area contributed by atoms with Crippen LogP contribution in [0.2, 0.25) is 5.02 Å². The molecule has 1 aliphatic rings. The predicted molar refractivity (Wildman–Crippen MR) is 136 cm³/mol. The molecule has 1 unspecified atom stereocenters. The number of aryl methyl sites for hydroxylation is 1. The first-order chi connectivity index (χ1) is 16.1. The van der Waals surface area contributed by atoms with Crippen LogP contribution in [-0.4, -0.2) is 10.8 Å². The van der Waals surface area contributed by atoms with Gasteiger partial charge in [0.2, 0.25) is 5.76 Å². The number of hydrogen-bond acceptors (Lipinski definition) is 3. The summed E-state index contributed by atoms with van der Waals surface area (Å²) in [6.45, 7) is 8.67. The fourth-order valence-corrected chi connectivity index (χ4v) is 4.81. The van der Waals surface area contributed by atoms with Gasteiger partial charge in [-0.05, 0) is 47.2 Å². The van der Waals surface area contributed by atoms with Crippen molar-refractivity contribution in [3.8, 4) is 0 Å². The third-order valence-corrected chi connectivity index (χ3v) is 6.88. The molecule has 0 N–H and O–H groups in total. The Morgan fingerprint density at radius 2 is 1.68 bits per heavy atom. The zero-order valence-corrected chi connectivity index (χ0v) is 20.4. The topological polar surface area (TPSA) is 50.5 Å². The van der Waals surface area contributed by atoms with Crippen molar-refractivity contribution in [2.75, 3.05) is 0 Å². The molecular weight excluding hydrogens is 446 g/mol. The van der Waals surface area contributed by atoms with E-state index in [4.69, 9.17) is 16.0 Å². The van der Waals surface area contributed by atoms with E-state index in [1.807, 2.05) is 49.4 Å². The highest BCUT2D eigenvalue weighted by atomic mass is 35.5. The van der Waals surface area contributed by atoms with Crippen molar-refractivity contribution in [2.24, 2.45) is 0 Å². The van der Waals surface area contributed by atoms with E-state index in [2.05, 4.69) is 32.9 Å². The average Bonchev–Trinajstić information content (AvgIpc) is 3.07. The first-order valence-corrected chi connectivity index (χ1v) is 11.7. The number of benzene rings is 3. The Balaban J connectivity index is 1.71. The van der Waals surface area contributed by atoms with Crippen LogP contribution < -0.4 is 5.43 Å². The molecule has 2 heterocycles. The second kappa shape index (κ2) is 8.14. The van der Waals surface area contributed by atoms with E-state index in [9.17, 15) is 9.59 Å². The van der Waals surface area contributed by atoms with Gasteiger partial charge in [-0.1, -0.05) is 86.5 Å². The van der Waals surface area contributed by atoms with Crippen LogP contribution in [0.1, 0.15) is 65.2 Å². The molecular formula is C29H26ClNO3. The Morgan fingerprint density at radius 1 is 0.971 bits per heavy atom. The van der Waals surface area contributed by atoms with Crippen molar-refractivity contribution < 1.29 is 9.21 Å². The van der Waals surface area contributed by atoms with Gasteiger partial charge in [0, 0.05) is 11.6 Å². The standard InChI is InChI=1S/C29H26ClNO3/c1-17-9-14-23-21(15-17)26(32)24-25(18-10-12-20(13-11-18)29(2,3)4)31(28(33)27(24)34-23)16-19-7-5-6-8-22(19)30/h5-15,25H,16H2,1-4H3. The normalized spacial score (nSPS) is 15.7. The molecule has 0 spiro atoms. The Labute approximate surface area is 203 Å². The molecule has 0 aliphatic carbocycles. The fourth-order valence-electron chi connectivity index (χ4n) is 4.62. The number of amides is 1. The average molecular weight is 472 g/mol. The van der Waals surface area contributed by atoms with E-state index in [0.717, 1.165) is 16.7 Å². The highest BCUT2D eigenvalue weighted by Crippen LogP contribution is 2.40. The van der Waals surface area contributed by atoms with Gasteiger partial charge in [-0.2, -0.15) is 0 Å². The highest BCUT2D eigenvalue weighted by Gasteiger charge is 2.43. The molecule has 1 aliphatic heterocycles. The molecule has 3 aromatic carbocycles. The lowest BCUT2D eigenvalue weighted by molar-refractivity contribution is 0.0714. The molecule has 5 heteroatoms. The van der Waals surface area contributed by atoms with E-state index < -0.39 is 6.04 Å². The number of fused-ring (bicyclic) bond motifs is 2. The molecule has 5 rings (SSSR count). The van der Waals surface area contributed by atoms with E-state index in [0.29, 0.717) is 21.6 Å². The van der Waals surface area contributed by atoms with Crippen LogP contribution in [0.5, 0.6) is 0 Å². The molecule has 4 aromatic rings. The largest absolute Gasteiger partial charge is 0.450 e. The summed E-state index contributed by atoms with van der Waals surface area (Å²) in [7, 11) is 0. The molecule has 172 valence electrons. The second-order valence-electron chi connectivity index (χ2n) is 9.97. The maximum atomic E-state index is 13.7. The monoisotopic (exact) mass is 471 g/mol. The molecule has 0 saturated carbocycles. The zero-order chi connectivity index (χ0) is 24.2. The first-order valence-electron chi connectivity index (χ1n) is 11.4. The molecule has 1 amide bonds. The number of carbonyl (C=O) groups is 1. The maximum absolute atomic E-state index is 13.7. The van der Waals surface area contributed by atoms with Crippen LogP contribution in [0.3, 0.4) is 0 Å². The van der Waals surface area contributed by atoms with Crippen LogP contribution in [0.4, 0.5) is 0 Å². The van der Waals surface area contributed by atoms with E-state index in [1.54, 1.807) is 17.0 Å². The van der Waals surface area contributed by atoms with Crippen LogP contribution in [0, 0.1) is 6.92 Å². The third-order valence-electron chi connectivity index (χ3n) is 6.51. The number of halogens is 1. The minimum absolute atomic E-state index is 0.00800. The lowest BCUT2D eigenvalue weighted by Crippen LogP contribution is -2.29. The number of hydrogen-bond donors (Lipinski definition) is 0. The Bertz CT molecular complexity index is 1480. The second-order valence-corrected chi connectivity index (χ2v) is 10.4. The molecule has 0 radical (unpaired) electrons. The lowest BCUT2D eigenvalue weighted by Gasteiger charge is -2.26. The molecule has 1 aromatic heterocycles. The van der Waals surface area contributed by atoms with E-state index >= 15 is 0 Å². The van der Waals surface area contributed by atoms with Gasteiger partial charge < -0.3 is 9.32 Å². The molecule has 0 saturated heterocycles. The van der Waals surface area contributed by atoms with E-state index in [-0.39, 0.29) is 29.1 Å². The molecule has 4 nitrogen and oxygen atoms in total. The Kier molecular flexibility index (Phi) is 5.37. The van der Waals surface area contributed by atoms with Gasteiger partial charge in [-0.3, -0.25) is 9.59 Å². The Morgan fingerprint density at radius 3 is 2.35 bits per heavy atom. The van der Waals surface area contributed by atoms with Crippen LogP contribution in [-0.2, 0) is 12.0 Å². The first kappa shape index (κ1) is 22.4. The van der Waals surface area contributed by atoms with Gasteiger partial charge in [0.25, 0.3) is 5.91 Å². The van der Waals surface area contributed by atoms with Crippen molar-refractivity contribution in [1.82, 2.24) is 4.90 Å². The minimum Gasteiger partial charge on any atom is -0.450 e. The SMILES string of the molecule is Cc1ccc2oc3c(c(=O)c2c1)C(c1ccc(C(C)(C)C)cc1)N(Cc1ccccc1Cl)C3=O. The van der Waals surface area contributed by atoms with E-state index in [1.165, 1.54) is 5.56 Å². The summed E-state index contributed by atoms with van der Waals surface area (Å²) in [6.07, 6.45) is 0.